The Hall–Kier alpha value is -1.55. The third-order valence-electron chi connectivity index (χ3n) is 4.10. The van der Waals surface area contributed by atoms with Crippen molar-refractivity contribution in [2.45, 2.75) is 25.0 Å². The molecule has 0 spiro atoms. The lowest BCUT2D eigenvalue weighted by molar-refractivity contribution is -0.0857. The second-order valence-corrected chi connectivity index (χ2v) is 5.99. The lowest BCUT2D eigenvalue weighted by Crippen LogP contribution is -2.50. The van der Waals surface area contributed by atoms with Gasteiger partial charge in [-0.25, -0.2) is 4.79 Å². The number of nitrogens with zero attached hydrogens (tertiary/aromatic N) is 2. The number of hydrogen-bond donors (Lipinski definition) is 0. The zero-order valence-electron chi connectivity index (χ0n) is 12.2. The van der Waals surface area contributed by atoms with E-state index in [4.69, 9.17) is 4.74 Å². The van der Waals surface area contributed by atoms with Crippen molar-refractivity contribution in [1.29, 1.82) is 0 Å². The van der Waals surface area contributed by atoms with Gasteiger partial charge in [-0.15, -0.1) is 0 Å². The van der Waals surface area contributed by atoms with Gasteiger partial charge >= 0.3 is 6.03 Å². The molecule has 1 aliphatic heterocycles. The molecule has 1 aromatic rings. The fourth-order valence-corrected chi connectivity index (χ4v) is 2.81. The Morgan fingerprint density at radius 2 is 1.90 bits per heavy atom. The Bertz CT molecular complexity index is 471. The molecule has 0 aromatic heterocycles. The van der Waals surface area contributed by atoms with Gasteiger partial charge in [0.2, 0.25) is 0 Å². The molecule has 2 fully saturated rings. The summed E-state index contributed by atoms with van der Waals surface area (Å²) in [6.07, 6.45) is 2.66. The molecule has 1 aromatic carbocycles. The van der Waals surface area contributed by atoms with Crippen molar-refractivity contribution in [3.63, 3.8) is 0 Å². The Labute approximate surface area is 120 Å². The van der Waals surface area contributed by atoms with E-state index in [0.717, 1.165) is 12.1 Å². The molecule has 0 unspecified atom stereocenters. The molecule has 0 radical (unpaired) electrons. The Kier molecular flexibility index (Phi) is 3.66. The zero-order chi connectivity index (χ0) is 14.1. The van der Waals surface area contributed by atoms with Crippen LogP contribution in [0.15, 0.2) is 30.3 Å². The molecule has 1 heterocycles. The summed E-state index contributed by atoms with van der Waals surface area (Å²) in [5, 5.41) is 0. The highest BCUT2D eigenvalue weighted by molar-refractivity contribution is 5.74. The molecule has 0 bridgehead atoms. The van der Waals surface area contributed by atoms with Crippen molar-refractivity contribution in [3.05, 3.63) is 35.9 Å². The van der Waals surface area contributed by atoms with E-state index in [1.807, 2.05) is 23.1 Å². The maximum Gasteiger partial charge on any atom is 0.319 e. The van der Waals surface area contributed by atoms with Gasteiger partial charge in [-0.1, -0.05) is 30.3 Å². The molecule has 108 valence electrons. The van der Waals surface area contributed by atoms with Gasteiger partial charge < -0.3 is 14.5 Å². The highest BCUT2D eigenvalue weighted by atomic mass is 16.5. The summed E-state index contributed by atoms with van der Waals surface area (Å²) in [6, 6.07) is 10.3. The fourth-order valence-electron chi connectivity index (χ4n) is 2.81. The summed E-state index contributed by atoms with van der Waals surface area (Å²) in [6.45, 7) is 1.37. The SMILES string of the molecule is CN(C)C(=O)N1C[C@@H](c2ccccc2)O[C@@H](C2CC2)C1. The Morgan fingerprint density at radius 1 is 1.20 bits per heavy atom. The molecule has 1 saturated carbocycles. The van der Waals surface area contributed by atoms with Crippen molar-refractivity contribution in [2.24, 2.45) is 5.92 Å². The van der Waals surface area contributed by atoms with E-state index in [2.05, 4.69) is 12.1 Å². The van der Waals surface area contributed by atoms with Crippen molar-refractivity contribution in [2.75, 3.05) is 27.2 Å². The molecule has 1 saturated heterocycles. The molecule has 2 atom stereocenters. The third-order valence-corrected chi connectivity index (χ3v) is 4.10. The standard InChI is InChI=1S/C16H22N2O2/c1-17(2)16(19)18-10-14(12-6-4-3-5-7-12)20-15(11-18)13-8-9-13/h3-7,13-15H,8-11H2,1-2H3/t14-,15+/m0/s1. The van der Waals surface area contributed by atoms with Gasteiger partial charge in [0, 0.05) is 20.6 Å². The van der Waals surface area contributed by atoms with Crippen LogP contribution < -0.4 is 0 Å². The molecule has 3 rings (SSSR count). The predicted octanol–water partition coefficient (Wildman–Crippen LogP) is 2.52. The molecule has 2 amide bonds. The monoisotopic (exact) mass is 274 g/mol. The molecule has 1 aliphatic carbocycles. The first kappa shape index (κ1) is 13.4. The van der Waals surface area contributed by atoms with Crippen LogP contribution in [-0.4, -0.2) is 49.1 Å². The number of urea groups is 1. The number of carbonyl (C=O) groups excluding carboxylic acids is 1. The Balaban J connectivity index is 1.78. The molecular weight excluding hydrogens is 252 g/mol. The summed E-state index contributed by atoms with van der Waals surface area (Å²) in [7, 11) is 3.61. The van der Waals surface area contributed by atoms with Gasteiger partial charge in [-0.2, -0.15) is 0 Å². The van der Waals surface area contributed by atoms with Crippen molar-refractivity contribution < 1.29 is 9.53 Å². The van der Waals surface area contributed by atoms with Crippen LogP contribution in [0.5, 0.6) is 0 Å². The summed E-state index contributed by atoms with van der Waals surface area (Å²) >= 11 is 0. The lowest BCUT2D eigenvalue weighted by Gasteiger charge is -2.39. The van der Waals surface area contributed by atoms with Gasteiger partial charge in [0.25, 0.3) is 0 Å². The largest absolute Gasteiger partial charge is 0.366 e. The quantitative estimate of drug-likeness (QED) is 0.830. The van der Waals surface area contributed by atoms with Crippen molar-refractivity contribution in [3.8, 4) is 0 Å². The summed E-state index contributed by atoms with van der Waals surface area (Å²) < 4.78 is 6.24. The zero-order valence-corrected chi connectivity index (χ0v) is 12.2. The van der Waals surface area contributed by atoms with Gasteiger partial charge in [0.15, 0.2) is 0 Å². The van der Waals surface area contributed by atoms with Crippen LogP contribution in [0.4, 0.5) is 4.79 Å². The average Bonchev–Trinajstić information content (AvgIpc) is 3.31. The first-order valence-corrected chi connectivity index (χ1v) is 7.32. The van der Waals surface area contributed by atoms with Gasteiger partial charge in [0.1, 0.15) is 6.10 Å². The minimum Gasteiger partial charge on any atom is -0.366 e. The molecular formula is C16H22N2O2. The minimum absolute atomic E-state index is 0.000509. The van der Waals surface area contributed by atoms with Gasteiger partial charge in [-0.05, 0) is 24.3 Å². The number of morpholine rings is 1. The number of benzene rings is 1. The predicted molar refractivity (Wildman–Crippen MR) is 77.4 cm³/mol. The van der Waals surface area contributed by atoms with E-state index in [1.165, 1.54) is 12.8 Å². The molecule has 20 heavy (non-hydrogen) atoms. The van der Waals surface area contributed by atoms with E-state index in [1.54, 1.807) is 19.0 Å². The van der Waals surface area contributed by atoms with Gasteiger partial charge in [-0.3, -0.25) is 0 Å². The van der Waals surface area contributed by atoms with Crippen LogP contribution in [0.25, 0.3) is 0 Å². The smallest absolute Gasteiger partial charge is 0.319 e. The number of amides is 2. The summed E-state index contributed by atoms with van der Waals surface area (Å²) in [4.78, 5) is 15.8. The van der Waals surface area contributed by atoms with E-state index in [-0.39, 0.29) is 18.2 Å². The van der Waals surface area contributed by atoms with E-state index in [9.17, 15) is 4.79 Å². The van der Waals surface area contributed by atoms with Crippen molar-refractivity contribution in [1.82, 2.24) is 9.80 Å². The van der Waals surface area contributed by atoms with E-state index >= 15 is 0 Å². The van der Waals surface area contributed by atoms with Gasteiger partial charge in [0.05, 0.1) is 12.6 Å². The van der Waals surface area contributed by atoms with Crippen LogP contribution >= 0.6 is 0 Å². The average molecular weight is 274 g/mol. The van der Waals surface area contributed by atoms with Crippen LogP contribution in [0.1, 0.15) is 24.5 Å². The maximum absolute atomic E-state index is 12.3. The van der Waals surface area contributed by atoms with Crippen LogP contribution in [0, 0.1) is 5.92 Å². The first-order chi connectivity index (χ1) is 9.65. The van der Waals surface area contributed by atoms with Crippen molar-refractivity contribution >= 4 is 6.03 Å². The van der Waals surface area contributed by atoms with E-state index < -0.39 is 0 Å². The number of carbonyl (C=O) groups is 1. The highest BCUT2D eigenvalue weighted by Crippen LogP contribution is 2.39. The van der Waals surface area contributed by atoms with Crippen LogP contribution in [0.3, 0.4) is 0 Å². The molecule has 2 aliphatic rings. The molecule has 4 nitrogen and oxygen atoms in total. The number of rotatable bonds is 2. The Morgan fingerprint density at radius 3 is 2.50 bits per heavy atom. The lowest BCUT2D eigenvalue weighted by atomic mass is 10.1. The van der Waals surface area contributed by atoms with Crippen LogP contribution in [0.2, 0.25) is 0 Å². The molecule has 4 heteroatoms. The topological polar surface area (TPSA) is 32.8 Å². The third kappa shape index (κ3) is 2.80. The summed E-state index contributed by atoms with van der Waals surface area (Å²) in [5.74, 6) is 0.638. The highest BCUT2D eigenvalue weighted by Gasteiger charge is 2.40. The number of ether oxygens (including phenoxy) is 1. The van der Waals surface area contributed by atoms with Crippen LogP contribution in [-0.2, 0) is 4.74 Å². The molecule has 0 N–H and O–H groups in total. The van der Waals surface area contributed by atoms with E-state index in [0.29, 0.717) is 12.5 Å². The second kappa shape index (κ2) is 5.44. The normalized spacial score (nSPS) is 26.4. The fraction of sp³-hybridized carbons (Fsp3) is 0.562. The maximum atomic E-state index is 12.3. The minimum atomic E-state index is -0.000509. The summed E-state index contributed by atoms with van der Waals surface area (Å²) in [5.41, 5.74) is 1.16. The first-order valence-electron chi connectivity index (χ1n) is 7.32. The number of hydrogen-bond acceptors (Lipinski definition) is 2. The second-order valence-electron chi connectivity index (χ2n) is 5.99.